The first kappa shape index (κ1) is 90.6. The Hall–Kier alpha value is -10.8. The first-order chi connectivity index (χ1) is 51.5. The SMILES string of the molecule is CC(=O)/C(C)=N\OC(=O)c1ccccc1.CC(=O)/C(C)=N\OS(=O)(=O)c1ccccc1.CC(=O)O/N=C1\C(=O)C2(C)CCC1C2(C)C.CCCCCC/C(=N\OC(=O)c1ccccc1)C(=O)c1ccc(N2CCOCC2)cc1.Cc1ccc(S(=O)(=O)ON=C2CCCC2)cc1.[C-]#[N+]/C(=N/OS(C)(=O)=O)C(=O)OCC. The molecule has 33 heteroatoms. The van der Waals surface area contributed by atoms with E-state index in [1.165, 1.54) is 65.8 Å². The molecule has 109 heavy (non-hydrogen) atoms. The second kappa shape index (κ2) is 44.5. The number of morpholine rings is 1. The minimum absolute atomic E-state index is 0.000457. The minimum atomic E-state index is -3.93. The van der Waals surface area contributed by atoms with Crippen LogP contribution < -0.4 is 4.90 Å². The molecule has 3 aliphatic carbocycles. The van der Waals surface area contributed by atoms with Crippen LogP contribution >= 0.6 is 0 Å². The molecular formula is C76H92N8O22S3. The summed E-state index contributed by atoms with van der Waals surface area (Å²) >= 11 is 0. The number of unbranched alkanes of at least 4 members (excludes halogenated alkanes) is 3. The second-order valence-corrected chi connectivity index (χ2v) is 30.0. The third-order valence-corrected chi connectivity index (χ3v) is 19.6. The van der Waals surface area contributed by atoms with E-state index in [0.29, 0.717) is 42.0 Å². The van der Waals surface area contributed by atoms with Crippen molar-refractivity contribution in [2.24, 2.45) is 47.7 Å². The fraction of sp³-hybridized carbons (Fsp3) is 0.408. The van der Waals surface area contributed by atoms with Crippen molar-refractivity contribution in [1.82, 2.24) is 0 Å². The summed E-state index contributed by atoms with van der Waals surface area (Å²) in [4.78, 5) is 111. The number of amidine groups is 1. The number of carbonyl (C=O) groups excluding carboxylic acids is 8. The molecule has 5 aromatic carbocycles. The molecule has 2 bridgehead atoms. The summed E-state index contributed by atoms with van der Waals surface area (Å²) in [6.07, 6.45) is 10.9. The number of hydrogen-bond donors (Lipinski definition) is 0. The third kappa shape index (κ3) is 30.0. The van der Waals surface area contributed by atoms with Crippen molar-refractivity contribution in [1.29, 1.82) is 0 Å². The highest BCUT2D eigenvalue weighted by Crippen LogP contribution is 2.62. The van der Waals surface area contributed by atoms with Crippen LogP contribution in [0.15, 0.2) is 180 Å². The number of benzene rings is 5. The lowest BCUT2D eigenvalue weighted by Crippen LogP contribution is -2.36. The van der Waals surface area contributed by atoms with Gasteiger partial charge in [-0.2, -0.15) is 29.5 Å². The Kier molecular flexibility index (Phi) is 37.0. The lowest BCUT2D eigenvalue weighted by molar-refractivity contribution is -0.141. The second-order valence-electron chi connectivity index (χ2n) is 25.4. The van der Waals surface area contributed by atoms with Crippen LogP contribution in [0.1, 0.15) is 177 Å². The van der Waals surface area contributed by atoms with E-state index in [0.717, 1.165) is 101 Å². The van der Waals surface area contributed by atoms with E-state index in [9.17, 15) is 63.6 Å². The zero-order valence-corrected chi connectivity index (χ0v) is 65.4. The van der Waals surface area contributed by atoms with Crippen molar-refractivity contribution >= 4 is 117 Å². The Bertz CT molecular complexity index is 4530. The van der Waals surface area contributed by atoms with Crippen LogP contribution in [-0.4, -0.2) is 146 Å². The molecule has 0 radical (unpaired) electrons. The van der Waals surface area contributed by atoms with E-state index in [2.05, 4.69) is 84.4 Å². The van der Waals surface area contributed by atoms with Gasteiger partial charge in [-0.25, -0.2) is 14.4 Å². The average molecular weight is 1570 g/mol. The fourth-order valence-electron chi connectivity index (χ4n) is 10.2. The molecule has 4 fully saturated rings. The summed E-state index contributed by atoms with van der Waals surface area (Å²) in [5.41, 5.74) is 4.73. The van der Waals surface area contributed by atoms with Gasteiger partial charge < -0.3 is 33.7 Å². The number of nitrogens with zero attached hydrogens (tertiary/aromatic N) is 8. The van der Waals surface area contributed by atoms with E-state index in [-0.39, 0.29) is 73.4 Å². The Morgan fingerprint density at radius 2 is 1.11 bits per heavy atom. The van der Waals surface area contributed by atoms with Crippen LogP contribution in [0, 0.1) is 30.2 Å². The van der Waals surface area contributed by atoms with Gasteiger partial charge in [-0.3, -0.25) is 32.5 Å². The maximum atomic E-state index is 13.1. The summed E-state index contributed by atoms with van der Waals surface area (Å²) in [5, 5.41) is 20.9. The number of aryl methyl sites for hydroxylation is 1. The topological polar surface area (TPSA) is 395 Å². The van der Waals surface area contributed by atoms with Crippen molar-refractivity contribution in [2.45, 2.75) is 157 Å². The average Bonchev–Trinajstić information content (AvgIpc) is 1.55. The number of fused-ring (bicyclic) bond motifs is 2. The fourth-order valence-corrected chi connectivity index (χ4v) is 12.0. The van der Waals surface area contributed by atoms with Crippen LogP contribution in [0.2, 0.25) is 0 Å². The van der Waals surface area contributed by atoms with Crippen LogP contribution in [0.25, 0.3) is 4.85 Å². The van der Waals surface area contributed by atoms with Gasteiger partial charge in [0.15, 0.2) is 17.3 Å². The number of anilines is 1. The van der Waals surface area contributed by atoms with Gasteiger partial charge in [0.25, 0.3) is 0 Å². The molecule has 1 aliphatic heterocycles. The summed E-state index contributed by atoms with van der Waals surface area (Å²) in [6, 6.07) is 38.7. The van der Waals surface area contributed by atoms with Crippen molar-refractivity contribution in [2.75, 3.05) is 44.1 Å². The Morgan fingerprint density at radius 1 is 0.596 bits per heavy atom. The number of ketones is 4. The smallest absolute Gasteiger partial charge is 0.400 e. The molecule has 2 atom stereocenters. The van der Waals surface area contributed by atoms with E-state index in [4.69, 9.17) is 20.4 Å². The number of oxime groups is 6. The summed E-state index contributed by atoms with van der Waals surface area (Å²) in [6.45, 7) is 28.2. The van der Waals surface area contributed by atoms with E-state index < -0.39 is 60.1 Å². The molecule has 4 aliphatic rings. The van der Waals surface area contributed by atoms with E-state index in [1.54, 1.807) is 84.9 Å². The zero-order valence-electron chi connectivity index (χ0n) is 63.0. The molecule has 30 nitrogen and oxygen atoms in total. The molecule has 0 aromatic heterocycles. The van der Waals surface area contributed by atoms with Gasteiger partial charge in [0.1, 0.15) is 32.6 Å². The molecular weight excluding hydrogens is 1470 g/mol. The highest BCUT2D eigenvalue weighted by atomic mass is 32.2. The Balaban J connectivity index is 0.000000284. The molecule has 0 spiro atoms. The number of hydrogen-bond acceptors (Lipinski definition) is 29. The third-order valence-electron chi connectivity index (χ3n) is 17.0. The highest BCUT2D eigenvalue weighted by molar-refractivity contribution is 7.87. The molecule has 0 amide bonds. The molecule has 586 valence electrons. The molecule has 2 unspecified atom stereocenters. The normalized spacial score (nSPS) is 17.0. The zero-order chi connectivity index (χ0) is 81.0. The lowest BCUT2D eigenvalue weighted by atomic mass is 9.70. The molecule has 3 saturated carbocycles. The monoisotopic (exact) mass is 1560 g/mol. The van der Waals surface area contributed by atoms with Gasteiger partial charge in [0.2, 0.25) is 5.78 Å². The van der Waals surface area contributed by atoms with Gasteiger partial charge in [0, 0.05) is 56.4 Å². The van der Waals surface area contributed by atoms with Gasteiger partial charge in [0.05, 0.1) is 48.1 Å². The quantitative estimate of drug-likeness (QED) is 0.00809. The predicted octanol–water partition coefficient (Wildman–Crippen LogP) is 12.4. The maximum absolute atomic E-state index is 13.1. The van der Waals surface area contributed by atoms with E-state index >= 15 is 0 Å². The highest BCUT2D eigenvalue weighted by Gasteiger charge is 2.65. The largest absolute Gasteiger partial charge is 0.470 e. The number of ether oxygens (including phenoxy) is 2. The van der Waals surface area contributed by atoms with Gasteiger partial charge >= 0.3 is 60.1 Å². The van der Waals surface area contributed by atoms with Crippen LogP contribution in [0.3, 0.4) is 0 Å². The van der Waals surface area contributed by atoms with Crippen LogP contribution in [-0.2, 0) is 91.2 Å². The van der Waals surface area contributed by atoms with Crippen LogP contribution in [0.4, 0.5) is 5.69 Å². The molecule has 1 saturated heterocycles. The van der Waals surface area contributed by atoms with Crippen molar-refractivity contribution < 1.29 is 100 Å². The number of esters is 1. The Morgan fingerprint density at radius 3 is 1.60 bits per heavy atom. The van der Waals surface area contributed by atoms with Gasteiger partial charge in [-0.15, -0.1) is 0 Å². The molecule has 1 heterocycles. The number of Topliss-reactive ketones (excluding diaryl/α,β-unsaturated/α-hetero) is 4. The van der Waals surface area contributed by atoms with Gasteiger partial charge in [-0.05, 0) is 157 Å². The summed E-state index contributed by atoms with van der Waals surface area (Å²) < 4.78 is 90.2. The first-order valence-corrected chi connectivity index (χ1v) is 39.2. The lowest BCUT2D eigenvalue weighted by Gasteiger charge is -2.31. The van der Waals surface area contributed by atoms with Crippen molar-refractivity contribution in [3.63, 3.8) is 0 Å². The first-order valence-electron chi connectivity index (χ1n) is 34.6. The van der Waals surface area contributed by atoms with Gasteiger partial charge in [-0.1, -0.05) is 152 Å². The van der Waals surface area contributed by atoms with Crippen LogP contribution in [0.5, 0.6) is 0 Å². The maximum Gasteiger partial charge on any atom is 0.400 e. The summed E-state index contributed by atoms with van der Waals surface area (Å²) in [7, 11) is -11.5. The summed E-state index contributed by atoms with van der Waals surface area (Å²) in [5.74, 6) is -4.00. The Labute approximate surface area is 636 Å². The predicted molar refractivity (Wildman–Crippen MR) is 407 cm³/mol. The minimum Gasteiger partial charge on any atom is -0.470 e. The number of rotatable bonds is 24. The number of carbonyl (C=O) groups is 8. The van der Waals surface area contributed by atoms with Crippen molar-refractivity contribution in [3.05, 3.63) is 173 Å². The molecule has 5 aromatic rings. The van der Waals surface area contributed by atoms with E-state index in [1.807, 2.05) is 44.2 Å². The molecule has 0 N–H and O–H groups in total. The standard InChI is InChI=1S/C25H30N2O4.C12H15NO3S.C12H17NO3.C11H11NO3.C10H11NO4S.C6H8N2O5S/c1-2-3-4-8-11-23(26-31-25(29)21-9-6-5-7-10-21)24(28)20-12-14-22(15-13-20)27-16-18-30-19-17-27;1-10-6-8-12(9-7-10)17(14,15)16-13-11-4-2-3-5-11;1-7(14)16-13-9-8-5-6-12(4,10(9)15)11(8,2)3;1-8(9(2)13)12-15-11(14)10-6-4-3-5-7-10;1-8(9(2)12)11-15-16(13,14)10-6-4-3-5-7-10;1-4-12-6(9)5(7-2)8-13-14(3,10)11/h5-7,9-10,12-15H,2-4,8,11,16-19H2,1H3;6-9H,2-5H2,1H3;8H,5-6H2,1-4H3;3-7H,1-2H3;3-7H,1-2H3;4H2,1,3H3/b26-23+;;13-9-;12-8-;11-8-;8-5+. The van der Waals surface area contributed by atoms with Crippen molar-refractivity contribution in [3.8, 4) is 0 Å². The molecule has 9 rings (SSSR count).